The van der Waals surface area contributed by atoms with E-state index in [1.54, 1.807) is 20.8 Å². The molecule has 1 aromatic carbocycles. The third-order valence-corrected chi connectivity index (χ3v) is 3.53. The van der Waals surface area contributed by atoms with Crippen LogP contribution in [-0.4, -0.2) is 21.0 Å². The summed E-state index contributed by atoms with van der Waals surface area (Å²) in [6, 6.07) is 9.21. The van der Waals surface area contributed by atoms with Crippen molar-refractivity contribution in [1.29, 1.82) is 0 Å². The fourth-order valence-corrected chi connectivity index (χ4v) is 2.29. The van der Waals surface area contributed by atoms with Crippen LogP contribution in [0.3, 0.4) is 0 Å². The maximum Gasteiger partial charge on any atom is 0.248 e. The molecule has 7 nitrogen and oxygen atoms in total. The summed E-state index contributed by atoms with van der Waals surface area (Å²) in [6.45, 7) is 5.31. The van der Waals surface area contributed by atoms with E-state index < -0.39 is 0 Å². The van der Waals surface area contributed by atoms with Gasteiger partial charge in [-0.2, -0.15) is 4.98 Å². The van der Waals surface area contributed by atoms with Gasteiger partial charge in [0.15, 0.2) is 5.82 Å². The number of aromatic nitrogens is 3. The van der Waals surface area contributed by atoms with Crippen molar-refractivity contribution in [3.8, 4) is 11.5 Å². The van der Waals surface area contributed by atoms with Crippen LogP contribution < -0.4 is 5.32 Å². The summed E-state index contributed by atoms with van der Waals surface area (Å²) in [7, 11) is 0. The topological polar surface area (TPSA) is 94.1 Å². The van der Waals surface area contributed by atoms with Crippen molar-refractivity contribution in [2.75, 3.05) is 0 Å². The number of nitrogens with one attached hydrogen (secondary N) is 1. The number of oxazole rings is 1. The Morgan fingerprint density at radius 2 is 1.96 bits per heavy atom. The maximum atomic E-state index is 12.2. The van der Waals surface area contributed by atoms with Gasteiger partial charge in [0.25, 0.3) is 0 Å². The van der Waals surface area contributed by atoms with E-state index in [0.717, 1.165) is 5.56 Å². The molecule has 0 fully saturated rings. The van der Waals surface area contributed by atoms with Gasteiger partial charge in [0.1, 0.15) is 11.8 Å². The fourth-order valence-electron chi connectivity index (χ4n) is 2.29. The third kappa shape index (κ3) is 3.51. The first-order valence-electron chi connectivity index (χ1n) is 7.64. The molecular formula is C17H18N4O3. The summed E-state index contributed by atoms with van der Waals surface area (Å²) < 4.78 is 10.7. The summed E-state index contributed by atoms with van der Waals surface area (Å²) >= 11 is 0. The third-order valence-electron chi connectivity index (χ3n) is 3.53. The smallest absolute Gasteiger partial charge is 0.248 e. The lowest BCUT2D eigenvalue weighted by Gasteiger charge is -2.08. The van der Waals surface area contributed by atoms with E-state index in [0.29, 0.717) is 29.1 Å². The van der Waals surface area contributed by atoms with Crippen molar-refractivity contribution in [3.63, 3.8) is 0 Å². The molecule has 0 bridgehead atoms. The van der Waals surface area contributed by atoms with E-state index in [1.165, 1.54) is 0 Å². The molecule has 1 unspecified atom stereocenters. The molecule has 1 amide bonds. The van der Waals surface area contributed by atoms with E-state index in [-0.39, 0.29) is 18.4 Å². The highest BCUT2D eigenvalue weighted by Crippen LogP contribution is 2.21. The highest BCUT2D eigenvalue weighted by atomic mass is 16.5. The molecule has 3 rings (SSSR count). The van der Waals surface area contributed by atoms with Gasteiger partial charge in [0, 0.05) is 5.56 Å². The van der Waals surface area contributed by atoms with Gasteiger partial charge < -0.3 is 14.3 Å². The van der Waals surface area contributed by atoms with Crippen LogP contribution in [0.25, 0.3) is 11.5 Å². The molecule has 24 heavy (non-hydrogen) atoms. The van der Waals surface area contributed by atoms with Crippen LogP contribution in [0.15, 0.2) is 39.3 Å². The number of rotatable bonds is 5. The predicted octanol–water partition coefficient (Wildman–Crippen LogP) is 2.76. The van der Waals surface area contributed by atoms with Crippen molar-refractivity contribution in [3.05, 3.63) is 53.5 Å². The molecule has 0 saturated heterocycles. The fraction of sp³-hybridized carbons (Fsp3) is 0.294. The number of benzene rings is 1. The molecule has 0 aliphatic rings. The predicted molar refractivity (Wildman–Crippen MR) is 86.0 cm³/mol. The standard InChI is InChI=1S/C17H18N4O3/c1-10(16-19-12(3)21-24-16)18-15(22)9-14-11(2)23-17(20-14)13-7-5-4-6-8-13/h4-8,10H,9H2,1-3H3,(H,18,22). The number of hydrogen-bond donors (Lipinski definition) is 1. The SMILES string of the molecule is Cc1noc(C(C)NC(=O)Cc2nc(-c3ccccc3)oc2C)n1. The monoisotopic (exact) mass is 326 g/mol. The summed E-state index contributed by atoms with van der Waals surface area (Å²) in [4.78, 5) is 20.7. The van der Waals surface area contributed by atoms with E-state index in [2.05, 4.69) is 20.4 Å². The second kappa shape index (κ2) is 6.66. The summed E-state index contributed by atoms with van der Waals surface area (Å²) in [5, 5.41) is 6.53. The first kappa shape index (κ1) is 15.9. The van der Waals surface area contributed by atoms with Crippen molar-refractivity contribution in [2.45, 2.75) is 33.2 Å². The normalized spacial score (nSPS) is 12.1. The van der Waals surface area contributed by atoms with Gasteiger partial charge >= 0.3 is 0 Å². The van der Waals surface area contributed by atoms with Gasteiger partial charge in [0.2, 0.25) is 17.7 Å². The van der Waals surface area contributed by atoms with Crippen molar-refractivity contribution in [2.24, 2.45) is 0 Å². The summed E-state index contributed by atoms with van der Waals surface area (Å²) in [6.07, 6.45) is 0.125. The van der Waals surface area contributed by atoms with Gasteiger partial charge in [-0.15, -0.1) is 0 Å². The van der Waals surface area contributed by atoms with E-state index >= 15 is 0 Å². The number of amides is 1. The van der Waals surface area contributed by atoms with E-state index in [4.69, 9.17) is 8.94 Å². The van der Waals surface area contributed by atoms with Gasteiger partial charge in [-0.1, -0.05) is 23.4 Å². The van der Waals surface area contributed by atoms with Crippen LogP contribution in [0.1, 0.15) is 36.1 Å². The number of carbonyl (C=O) groups is 1. The van der Waals surface area contributed by atoms with Crippen LogP contribution in [0.5, 0.6) is 0 Å². The number of hydrogen-bond acceptors (Lipinski definition) is 6. The maximum absolute atomic E-state index is 12.2. The zero-order valence-corrected chi connectivity index (χ0v) is 13.7. The molecule has 2 aromatic heterocycles. The van der Waals surface area contributed by atoms with Gasteiger partial charge in [0.05, 0.1) is 12.1 Å². The molecule has 0 saturated carbocycles. The Labute approximate surface area is 139 Å². The minimum atomic E-state index is -0.362. The van der Waals surface area contributed by atoms with E-state index in [9.17, 15) is 4.79 Å². The van der Waals surface area contributed by atoms with Crippen LogP contribution in [0.2, 0.25) is 0 Å². The lowest BCUT2D eigenvalue weighted by Crippen LogP contribution is -2.28. The number of carbonyl (C=O) groups excluding carboxylic acids is 1. The van der Waals surface area contributed by atoms with Gasteiger partial charge in [-0.05, 0) is 32.9 Å². The molecule has 7 heteroatoms. The number of nitrogens with zero attached hydrogens (tertiary/aromatic N) is 3. The average Bonchev–Trinajstić information content (AvgIpc) is 3.15. The molecule has 0 aliphatic heterocycles. The Kier molecular flexibility index (Phi) is 4.41. The minimum Gasteiger partial charge on any atom is -0.441 e. The molecule has 0 spiro atoms. The Morgan fingerprint density at radius 3 is 2.62 bits per heavy atom. The number of aryl methyl sites for hydroxylation is 2. The summed E-state index contributed by atoms with van der Waals surface area (Å²) in [5.74, 6) is 1.87. The highest BCUT2D eigenvalue weighted by molar-refractivity contribution is 5.78. The molecule has 0 radical (unpaired) electrons. The quantitative estimate of drug-likeness (QED) is 0.775. The van der Waals surface area contributed by atoms with Crippen LogP contribution in [0.4, 0.5) is 0 Å². The van der Waals surface area contributed by atoms with E-state index in [1.807, 2.05) is 30.3 Å². The molecule has 3 aromatic rings. The molecule has 1 atom stereocenters. The van der Waals surface area contributed by atoms with Gasteiger partial charge in [-0.3, -0.25) is 4.79 Å². The lowest BCUT2D eigenvalue weighted by atomic mass is 10.2. The zero-order valence-electron chi connectivity index (χ0n) is 13.7. The largest absolute Gasteiger partial charge is 0.441 e. The lowest BCUT2D eigenvalue weighted by molar-refractivity contribution is -0.121. The second-order valence-corrected chi connectivity index (χ2v) is 5.53. The van der Waals surface area contributed by atoms with Crippen LogP contribution in [-0.2, 0) is 11.2 Å². The first-order valence-corrected chi connectivity index (χ1v) is 7.64. The minimum absolute atomic E-state index is 0.125. The Bertz CT molecular complexity index is 839. The zero-order chi connectivity index (χ0) is 17.1. The Hall–Kier alpha value is -2.96. The second-order valence-electron chi connectivity index (χ2n) is 5.53. The van der Waals surface area contributed by atoms with Crippen molar-refractivity contribution >= 4 is 5.91 Å². The molecule has 124 valence electrons. The van der Waals surface area contributed by atoms with Gasteiger partial charge in [-0.25, -0.2) is 4.98 Å². The summed E-state index contributed by atoms with van der Waals surface area (Å²) in [5.41, 5.74) is 1.49. The highest BCUT2D eigenvalue weighted by Gasteiger charge is 2.19. The van der Waals surface area contributed by atoms with Crippen molar-refractivity contribution < 1.29 is 13.7 Å². The molecular weight excluding hydrogens is 308 g/mol. The average molecular weight is 326 g/mol. The molecule has 0 aliphatic carbocycles. The van der Waals surface area contributed by atoms with Crippen LogP contribution >= 0.6 is 0 Å². The molecule has 2 heterocycles. The first-order chi connectivity index (χ1) is 11.5. The van der Waals surface area contributed by atoms with Crippen molar-refractivity contribution in [1.82, 2.24) is 20.4 Å². The Balaban J connectivity index is 1.67. The molecule has 1 N–H and O–H groups in total. The Morgan fingerprint density at radius 1 is 1.21 bits per heavy atom. The van der Waals surface area contributed by atoms with Crippen LogP contribution in [0, 0.1) is 13.8 Å².